The van der Waals surface area contributed by atoms with E-state index in [4.69, 9.17) is 30.5 Å². The van der Waals surface area contributed by atoms with Gasteiger partial charge in [-0.05, 0) is 35.9 Å². The van der Waals surface area contributed by atoms with Gasteiger partial charge in [0, 0.05) is 6.92 Å². The number of hydrogen-bond donors (Lipinski definition) is 0. The number of methoxy groups -OCH3 is 2. The molecule has 0 saturated heterocycles. The Morgan fingerprint density at radius 2 is 1.86 bits per heavy atom. The summed E-state index contributed by atoms with van der Waals surface area (Å²) in [6.45, 7) is 1.26. The highest BCUT2D eigenvalue weighted by Crippen LogP contribution is 2.37. The van der Waals surface area contributed by atoms with Crippen molar-refractivity contribution < 1.29 is 28.5 Å². The quantitative estimate of drug-likeness (QED) is 0.432. The van der Waals surface area contributed by atoms with Crippen molar-refractivity contribution in [2.45, 2.75) is 6.92 Å². The minimum Gasteiger partial charge on any atom is -0.496 e. The maximum atomic E-state index is 12.2. The van der Waals surface area contributed by atoms with Gasteiger partial charge in [-0.25, -0.2) is 9.79 Å². The summed E-state index contributed by atoms with van der Waals surface area (Å²) in [6, 6.07) is 10.2. The minimum atomic E-state index is -0.611. The number of cyclic esters (lactones) is 1. The van der Waals surface area contributed by atoms with E-state index in [1.54, 1.807) is 30.3 Å². The summed E-state index contributed by atoms with van der Waals surface area (Å²) in [6.07, 6.45) is 1.50. The zero-order valence-corrected chi connectivity index (χ0v) is 16.1. The first kappa shape index (κ1) is 19.4. The molecule has 0 radical (unpaired) electrons. The smallest absolute Gasteiger partial charge is 0.363 e. The highest BCUT2D eigenvalue weighted by atomic mass is 35.5. The topological polar surface area (TPSA) is 83.4 Å². The fraction of sp³-hybridized carbons (Fsp3) is 0.150. The van der Waals surface area contributed by atoms with Gasteiger partial charge >= 0.3 is 11.9 Å². The first-order valence-electron chi connectivity index (χ1n) is 8.15. The van der Waals surface area contributed by atoms with E-state index in [0.717, 1.165) is 0 Å². The molecule has 0 aliphatic carbocycles. The molecule has 8 heteroatoms. The van der Waals surface area contributed by atoms with Gasteiger partial charge in [0.15, 0.2) is 17.2 Å². The van der Waals surface area contributed by atoms with E-state index in [1.807, 2.05) is 0 Å². The number of rotatable bonds is 5. The number of benzene rings is 2. The monoisotopic (exact) mass is 401 g/mol. The fourth-order valence-electron chi connectivity index (χ4n) is 2.57. The fourth-order valence-corrected chi connectivity index (χ4v) is 2.83. The van der Waals surface area contributed by atoms with E-state index >= 15 is 0 Å². The number of carbonyl (C=O) groups is 2. The number of esters is 2. The standard InChI is InChI=1S/C20H16ClNO6/c1-11(23)27-18-14(21)8-12(10-17(18)26-3)9-15-20(24)28-19(22-15)13-6-4-5-7-16(13)25-2/h4-10H,1-3H3/b15-9-. The molecule has 0 atom stereocenters. The molecule has 7 nitrogen and oxygen atoms in total. The summed E-state index contributed by atoms with van der Waals surface area (Å²) in [5, 5.41) is 0.154. The van der Waals surface area contributed by atoms with Crippen LogP contribution >= 0.6 is 11.6 Å². The first-order valence-corrected chi connectivity index (χ1v) is 8.52. The average molecular weight is 402 g/mol. The second kappa shape index (κ2) is 8.14. The number of carbonyl (C=O) groups excluding carboxylic acids is 2. The van der Waals surface area contributed by atoms with E-state index in [9.17, 15) is 9.59 Å². The lowest BCUT2D eigenvalue weighted by atomic mass is 10.1. The molecule has 0 amide bonds. The van der Waals surface area contributed by atoms with Gasteiger partial charge in [0.2, 0.25) is 5.90 Å². The number of halogens is 1. The largest absolute Gasteiger partial charge is 0.496 e. The van der Waals surface area contributed by atoms with Crippen molar-refractivity contribution in [2.24, 2.45) is 4.99 Å². The van der Waals surface area contributed by atoms with Gasteiger partial charge in [-0.2, -0.15) is 0 Å². The summed E-state index contributed by atoms with van der Waals surface area (Å²) in [4.78, 5) is 27.7. The van der Waals surface area contributed by atoms with Crippen LogP contribution in [0.3, 0.4) is 0 Å². The normalized spacial score (nSPS) is 14.5. The Hall–Kier alpha value is -3.32. The van der Waals surface area contributed by atoms with E-state index in [2.05, 4.69) is 4.99 Å². The Bertz CT molecular complexity index is 1010. The summed E-state index contributed by atoms with van der Waals surface area (Å²) < 4.78 is 20.8. The summed E-state index contributed by atoms with van der Waals surface area (Å²) >= 11 is 6.19. The summed E-state index contributed by atoms with van der Waals surface area (Å²) in [5.41, 5.74) is 1.16. The third kappa shape index (κ3) is 3.99. The van der Waals surface area contributed by atoms with Crippen LogP contribution in [0.1, 0.15) is 18.1 Å². The lowest BCUT2D eigenvalue weighted by molar-refractivity contribution is -0.132. The van der Waals surface area contributed by atoms with E-state index in [-0.39, 0.29) is 28.1 Å². The molecule has 1 aliphatic rings. The number of para-hydroxylation sites is 1. The van der Waals surface area contributed by atoms with Gasteiger partial charge in [0.25, 0.3) is 0 Å². The molecule has 0 unspecified atom stereocenters. The Labute approximate surface area is 166 Å². The van der Waals surface area contributed by atoms with Crippen LogP contribution in [0.2, 0.25) is 5.02 Å². The third-order valence-corrected chi connectivity index (χ3v) is 4.04. The van der Waals surface area contributed by atoms with E-state index in [0.29, 0.717) is 16.9 Å². The van der Waals surface area contributed by atoms with Crippen LogP contribution < -0.4 is 14.2 Å². The van der Waals surface area contributed by atoms with Crippen molar-refractivity contribution >= 4 is 35.5 Å². The van der Waals surface area contributed by atoms with Crippen molar-refractivity contribution in [1.29, 1.82) is 0 Å². The number of nitrogens with zero attached hydrogens (tertiary/aromatic N) is 1. The predicted molar refractivity (Wildman–Crippen MR) is 103 cm³/mol. The van der Waals surface area contributed by atoms with Gasteiger partial charge in [-0.3, -0.25) is 4.79 Å². The molecule has 0 fully saturated rings. The average Bonchev–Trinajstić information content (AvgIpc) is 3.03. The minimum absolute atomic E-state index is 0.0827. The molecule has 0 bridgehead atoms. The molecule has 28 heavy (non-hydrogen) atoms. The van der Waals surface area contributed by atoms with Crippen molar-refractivity contribution in [3.8, 4) is 17.2 Å². The number of hydrogen-bond acceptors (Lipinski definition) is 7. The second-order valence-electron chi connectivity index (χ2n) is 5.66. The molecule has 2 aromatic carbocycles. The maximum Gasteiger partial charge on any atom is 0.363 e. The number of ether oxygens (including phenoxy) is 4. The molecule has 0 N–H and O–H groups in total. The van der Waals surface area contributed by atoms with E-state index < -0.39 is 11.9 Å². The molecule has 0 spiro atoms. The van der Waals surface area contributed by atoms with E-state index in [1.165, 1.54) is 33.3 Å². The zero-order chi connectivity index (χ0) is 20.3. The number of aliphatic imine (C=N–C) groups is 1. The molecule has 0 aromatic heterocycles. The second-order valence-corrected chi connectivity index (χ2v) is 6.07. The van der Waals surface area contributed by atoms with Gasteiger partial charge in [-0.1, -0.05) is 23.7 Å². The predicted octanol–water partition coefficient (Wildman–Crippen LogP) is 3.63. The lowest BCUT2D eigenvalue weighted by Crippen LogP contribution is -2.07. The van der Waals surface area contributed by atoms with Crippen LogP contribution in [0.4, 0.5) is 0 Å². The van der Waals surface area contributed by atoms with Crippen molar-refractivity contribution in [3.63, 3.8) is 0 Å². The molecule has 1 heterocycles. The lowest BCUT2D eigenvalue weighted by Gasteiger charge is -2.10. The van der Waals surface area contributed by atoms with Gasteiger partial charge < -0.3 is 18.9 Å². The summed E-state index contributed by atoms with van der Waals surface area (Å²) in [5.74, 6) is -0.119. The Morgan fingerprint density at radius 1 is 1.14 bits per heavy atom. The van der Waals surface area contributed by atoms with Crippen molar-refractivity contribution in [1.82, 2.24) is 0 Å². The highest BCUT2D eigenvalue weighted by molar-refractivity contribution is 6.32. The molecular weight excluding hydrogens is 386 g/mol. The highest BCUT2D eigenvalue weighted by Gasteiger charge is 2.26. The van der Waals surface area contributed by atoms with Gasteiger partial charge in [0.05, 0.1) is 24.8 Å². The Kier molecular flexibility index (Phi) is 5.65. The SMILES string of the molecule is COc1ccccc1C1=N/C(=C\c2cc(Cl)c(OC(C)=O)c(OC)c2)C(=O)O1. The van der Waals surface area contributed by atoms with Crippen LogP contribution in [-0.2, 0) is 14.3 Å². The van der Waals surface area contributed by atoms with Crippen molar-refractivity contribution in [2.75, 3.05) is 14.2 Å². The summed E-state index contributed by atoms with van der Waals surface area (Å²) in [7, 11) is 2.93. The molecule has 1 aliphatic heterocycles. The van der Waals surface area contributed by atoms with Crippen molar-refractivity contribution in [3.05, 3.63) is 58.2 Å². The van der Waals surface area contributed by atoms with Crippen LogP contribution in [0, 0.1) is 0 Å². The van der Waals surface area contributed by atoms with Crippen LogP contribution in [0.5, 0.6) is 17.2 Å². The van der Waals surface area contributed by atoms with Gasteiger partial charge in [-0.15, -0.1) is 0 Å². The van der Waals surface area contributed by atoms with Gasteiger partial charge in [0.1, 0.15) is 5.75 Å². The first-order chi connectivity index (χ1) is 13.4. The third-order valence-electron chi connectivity index (χ3n) is 3.76. The van der Waals surface area contributed by atoms with Crippen LogP contribution in [0.15, 0.2) is 47.1 Å². The molecule has 3 rings (SSSR count). The van der Waals surface area contributed by atoms with Crippen LogP contribution in [-0.4, -0.2) is 32.1 Å². The van der Waals surface area contributed by atoms with Crippen LogP contribution in [0.25, 0.3) is 6.08 Å². The Balaban J connectivity index is 1.99. The zero-order valence-electron chi connectivity index (χ0n) is 15.3. The molecular formula is C20H16ClNO6. The molecule has 144 valence electrons. The maximum absolute atomic E-state index is 12.2. The Morgan fingerprint density at radius 3 is 2.54 bits per heavy atom. The molecule has 2 aromatic rings. The molecule has 0 saturated carbocycles.